The number of rotatable bonds is 8. The molecule has 0 radical (unpaired) electrons. The van der Waals surface area contributed by atoms with Crippen LogP contribution in [0.2, 0.25) is 0 Å². The smallest absolute Gasteiger partial charge is 0.237 e. The molecule has 0 bridgehead atoms. The third-order valence-electron chi connectivity index (χ3n) is 5.05. The largest absolute Gasteiger partial charge is 0.469 e. The van der Waals surface area contributed by atoms with Gasteiger partial charge in [0, 0.05) is 17.8 Å². The molecule has 0 spiro atoms. The molecule has 162 valence electrons. The number of carbonyl (C=O) groups is 1. The molecule has 0 fully saturated rings. The number of carbonyl (C=O) groups excluding carboxylic acids is 1. The van der Waals surface area contributed by atoms with Crippen molar-refractivity contribution in [2.75, 3.05) is 5.32 Å². The lowest BCUT2D eigenvalue weighted by atomic mass is 10.0. The number of hydrogen-bond donors (Lipinski definition) is 1. The zero-order valence-corrected chi connectivity index (χ0v) is 18.8. The zero-order chi connectivity index (χ0) is 22.5. The normalized spacial score (nSPS) is 11.8. The van der Waals surface area contributed by atoms with E-state index in [1.165, 1.54) is 11.8 Å². The molecule has 0 saturated heterocycles. The molecule has 1 N–H and O–H groups in total. The van der Waals surface area contributed by atoms with Gasteiger partial charge in [0.1, 0.15) is 5.76 Å². The molecular weight excluding hydrogens is 420 g/mol. The highest BCUT2D eigenvalue weighted by Crippen LogP contribution is 2.31. The molecule has 4 aromatic rings. The van der Waals surface area contributed by atoms with Crippen molar-refractivity contribution in [1.82, 2.24) is 14.8 Å². The van der Waals surface area contributed by atoms with Gasteiger partial charge in [0.2, 0.25) is 5.91 Å². The van der Waals surface area contributed by atoms with E-state index in [9.17, 15) is 4.79 Å². The van der Waals surface area contributed by atoms with E-state index in [4.69, 9.17) is 4.42 Å². The summed E-state index contributed by atoms with van der Waals surface area (Å²) in [5, 5.41) is 12.0. The molecule has 0 aliphatic heterocycles. The third kappa shape index (κ3) is 4.53. The summed E-state index contributed by atoms with van der Waals surface area (Å²) in [6, 6.07) is 19.7. The van der Waals surface area contributed by atoms with Crippen molar-refractivity contribution in [3.63, 3.8) is 0 Å². The number of nitrogens with one attached hydrogen (secondary N) is 1. The standard InChI is InChI=1S/C25H24N4O2S/c1-4-15-29-23(20-14-16-31-17(20)2)27-28-25(29)32-18(3)24(30)26-22-13-9-8-12-21(22)19-10-6-5-7-11-19/h4-14,16,18H,1,15H2,2-3H3,(H,26,30). The predicted octanol–water partition coefficient (Wildman–Crippen LogP) is 5.82. The van der Waals surface area contributed by atoms with Gasteiger partial charge in [0.25, 0.3) is 0 Å². The van der Waals surface area contributed by atoms with Gasteiger partial charge in [-0.25, -0.2) is 0 Å². The van der Waals surface area contributed by atoms with Crippen molar-refractivity contribution in [1.29, 1.82) is 0 Å². The molecule has 1 unspecified atom stereocenters. The molecule has 0 aliphatic carbocycles. The minimum absolute atomic E-state index is 0.104. The van der Waals surface area contributed by atoms with Crippen LogP contribution in [0.15, 0.2) is 89.2 Å². The first-order valence-corrected chi connectivity index (χ1v) is 11.2. The van der Waals surface area contributed by atoms with Crippen molar-refractivity contribution >= 4 is 23.4 Å². The molecule has 4 rings (SSSR count). The summed E-state index contributed by atoms with van der Waals surface area (Å²) in [6.07, 6.45) is 3.41. The van der Waals surface area contributed by atoms with Crippen LogP contribution < -0.4 is 5.32 Å². The van der Waals surface area contributed by atoms with Gasteiger partial charge in [-0.15, -0.1) is 16.8 Å². The minimum Gasteiger partial charge on any atom is -0.469 e. The number of nitrogens with zero attached hydrogens (tertiary/aromatic N) is 3. The average Bonchev–Trinajstić information content (AvgIpc) is 3.40. The van der Waals surface area contributed by atoms with Gasteiger partial charge in [0.15, 0.2) is 11.0 Å². The Balaban J connectivity index is 1.54. The topological polar surface area (TPSA) is 73.0 Å². The van der Waals surface area contributed by atoms with Crippen molar-refractivity contribution in [3.05, 3.63) is 85.3 Å². The SMILES string of the molecule is C=CCn1c(SC(C)C(=O)Nc2ccccc2-c2ccccc2)nnc1-c1ccoc1C. The number of amides is 1. The number of benzene rings is 2. The van der Waals surface area contributed by atoms with Crippen LogP contribution >= 0.6 is 11.8 Å². The van der Waals surface area contributed by atoms with E-state index in [2.05, 4.69) is 22.1 Å². The van der Waals surface area contributed by atoms with E-state index in [-0.39, 0.29) is 11.2 Å². The number of anilines is 1. The second-order valence-electron chi connectivity index (χ2n) is 7.26. The second-order valence-corrected chi connectivity index (χ2v) is 8.56. The maximum Gasteiger partial charge on any atom is 0.237 e. The van der Waals surface area contributed by atoms with Crippen LogP contribution in [-0.4, -0.2) is 25.9 Å². The Bertz CT molecular complexity index is 1230. The third-order valence-corrected chi connectivity index (χ3v) is 6.13. The Morgan fingerprint density at radius 2 is 1.88 bits per heavy atom. The van der Waals surface area contributed by atoms with Crippen LogP contribution in [0.4, 0.5) is 5.69 Å². The van der Waals surface area contributed by atoms with Gasteiger partial charge in [0.05, 0.1) is 17.1 Å². The quantitative estimate of drug-likeness (QED) is 0.274. The lowest BCUT2D eigenvalue weighted by Crippen LogP contribution is -2.23. The highest BCUT2D eigenvalue weighted by Gasteiger charge is 2.22. The molecule has 1 amide bonds. The first kappa shape index (κ1) is 21.6. The molecule has 32 heavy (non-hydrogen) atoms. The summed E-state index contributed by atoms with van der Waals surface area (Å²) in [5.41, 5.74) is 3.68. The predicted molar refractivity (Wildman–Crippen MR) is 128 cm³/mol. The summed E-state index contributed by atoms with van der Waals surface area (Å²) < 4.78 is 7.36. The molecule has 7 heteroatoms. The molecule has 0 saturated carbocycles. The van der Waals surface area contributed by atoms with Crippen LogP contribution in [0, 0.1) is 6.92 Å². The summed E-state index contributed by atoms with van der Waals surface area (Å²) in [4.78, 5) is 13.0. The highest BCUT2D eigenvalue weighted by molar-refractivity contribution is 8.00. The fraction of sp³-hybridized carbons (Fsp3) is 0.160. The summed E-state index contributed by atoms with van der Waals surface area (Å²) in [5.74, 6) is 1.36. The monoisotopic (exact) mass is 444 g/mol. The number of hydrogen-bond acceptors (Lipinski definition) is 5. The summed E-state index contributed by atoms with van der Waals surface area (Å²) in [6.45, 7) is 8.12. The Kier molecular flexibility index (Phi) is 6.56. The second kappa shape index (κ2) is 9.70. The number of aromatic nitrogens is 3. The van der Waals surface area contributed by atoms with E-state index in [1.54, 1.807) is 12.3 Å². The fourth-order valence-electron chi connectivity index (χ4n) is 3.39. The zero-order valence-electron chi connectivity index (χ0n) is 18.0. The van der Waals surface area contributed by atoms with Gasteiger partial charge in [-0.05, 0) is 31.5 Å². The average molecular weight is 445 g/mol. The molecule has 1 atom stereocenters. The van der Waals surface area contributed by atoms with E-state index < -0.39 is 0 Å². The van der Waals surface area contributed by atoms with Crippen LogP contribution in [0.25, 0.3) is 22.5 Å². The molecule has 0 aliphatic rings. The lowest BCUT2D eigenvalue weighted by Gasteiger charge is -2.15. The summed E-state index contributed by atoms with van der Waals surface area (Å²) in [7, 11) is 0. The van der Waals surface area contributed by atoms with E-state index in [1.807, 2.05) is 79.1 Å². The van der Waals surface area contributed by atoms with E-state index >= 15 is 0 Å². The maximum atomic E-state index is 13.0. The van der Waals surface area contributed by atoms with Crippen molar-refractivity contribution in [2.45, 2.75) is 30.8 Å². The maximum absolute atomic E-state index is 13.0. The highest BCUT2D eigenvalue weighted by atomic mass is 32.2. The van der Waals surface area contributed by atoms with Crippen LogP contribution in [0.5, 0.6) is 0 Å². The molecular formula is C25H24N4O2S. The number of aryl methyl sites for hydroxylation is 1. The minimum atomic E-state index is -0.384. The van der Waals surface area contributed by atoms with E-state index in [0.717, 1.165) is 28.1 Å². The van der Waals surface area contributed by atoms with Crippen LogP contribution in [-0.2, 0) is 11.3 Å². The van der Waals surface area contributed by atoms with Gasteiger partial charge in [-0.2, -0.15) is 0 Å². The molecule has 2 aromatic heterocycles. The lowest BCUT2D eigenvalue weighted by molar-refractivity contribution is -0.115. The van der Waals surface area contributed by atoms with Crippen LogP contribution in [0.3, 0.4) is 0 Å². The van der Waals surface area contributed by atoms with Gasteiger partial charge >= 0.3 is 0 Å². The Morgan fingerprint density at radius 3 is 2.59 bits per heavy atom. The Hall–Kier alpha value is -3.58. The van der Waals surface area contributed by atoms with E-state index in [0.29, 0.717) is 17.5 Å². The van der Waals surface area contributed by atoms with Gasteiger partial charge < -0.3 is 9.73 Å². The Morgan fingerprint density at radius 1 is 1.12 bits per heavy atom. The molecule has 6 nitrogen and oxygen atoms in total. The number of furan rings is 1. The fourth-order valence-corrected chi connectivity index (χ4v) is 4.25. The van der Waals surface area contributed by atoms with Crippen LogP contribution in [0.1, 0.15) is 12.7 Å². The van der Waals surface area contributed by atoms with Crippen molar-refractivity contribution < 1.29 is 9.21 Å². The first-order valence-electron chi connectivity index (χ1n) is 10.3. The Labute approximate surface area is 191 Å². The number of thioether (sulfide) groups is 1. The van der Waals surface area contributed by atoms with Gasteiger partial charge in [-0.3, -0.25) is 9.36 Å². The summed E-state index contributed by atoms with van der Waals surface area (Å²) >= 11 is 1.36. The number of allylic oxidation sites excluding steroid dienone is 1. The molecule has 2 aromatic carbocycles. The first-order chi connectivity index (χ1) is 15.6. The molecule has 2 heterocycles. The van der Waals surface area contributed by atoms with Crippen molar-refractivity contribution in [2.24, 2.45) is 0 Å². The van der Waals surface area contributed by atoms with Crippen molar-refractivity contribution in [3.8, 4) is 22.5 Å². The van der Waals surface area contributed by atoms with Gasteiger partial charge in [-0.1, -0.05) is 66.4 Å². The number of para-hydroxylation sites is 1.